The first-order chi connectivity index (χ1) is 25.8. The Balaban J connectivity index is 1.57. The number of nitrogens with zero attached hydrogens (tertiary/aromatic N) is 3. The van der Waals surface area contributed by atoms with E-state index in [1.807, 2.05) is 32.6 Å². The van der Waals surface area contributed by atoms with Crippen molar-refractivity contribution in [2.45, 2.75) is 124 Å². The summed E-state index contributed by atoms with van der Waals surface area (Å²) in [5.41, 5.74) is 9.90. The number of para-hydroxylation sites is 2. The average molecular weight is 756 g/mol. The zero-order valence-electron chi connectivity index (χ0n) is 34.0. The fourth-order valence-corrected chi connectivity index (χ4v) is 8.64. The maximum absolute atomic E-state index is 13.9. The van der Waals surface area contributed by atoms with Crippen LogP contribution in [0.4, 0.5) is 16.2 Å². The van der Waals surface area contributed by atoms with Gasteiger partial charge < -0.3 is 14.9 Å². The van der Waals surface area contributed by atoms with Gasteiger partial charge in [0.05, 0.1) is 11.1 Å². The normalized spacial score (nSPS) is 19.1. The predicted molar refractivity (Wildman–Crippen MR) is 220 cm³/mol. The van der Waals surface area contributed by atoms with Gasteiger partial charge in [0, 0.05) is 71.8 Å². The summed E-state index contributed by atoms with van der Waals surface area (Å²) in [5.74, 6) is 0.672. The van der Waals surface area contributed by atoms with Gasteiger partial charge in [-0.25, -0.2) is 4.79 Å². The third kappa shape index (κ3) is 9.07. The van der Waals surface area contributed by atoms with E-state index < -0.39 is 5.60 Å². The number of hydrogen-bond donors (Lipinski definition) is 0. The summed E-state index contributed by atoms with van der Waals surface area (Å²) >= 11 is 1.04. The molecule has 0 aromatic heterocycles. The molecule has 54 heavy (non-hydrogen) atoms. The summed E-state index contributed by atoms with van der Waals surface area (Å²) in [6.07, 6.45) is 15.7. The van der Waals surface area contributed by atoms with Crippen LogP contribution in [0, 0.1) is 0 Å². The standard InChI is InChI=1S/C45H61N3O5S/c1-10-12-17-30-47-37-22-15-13-20-35(37)44(6,7)39(47)28-26-33-24-25-34(41(33)46(11-2)42(49)51-43(3,4)5)27-29-40-45(8,9)36-21-14-16-23-38(36)48(40)31-18-19-32-54-53-52-50/h13-16,20-23,26-29H,10-12,17-19,24-25,30-32H2,1-9H3. The Kier molecular flexibility index (Phi) is 13.8. The number of ether oxygens (including phenoxy) is 1. The van der Waals surface area contributed by atoms with Gasteiger partial charge in [0.2, 0.25) is 5.69 Å². The number of allylic oxidation sites excluding steroid dienone is 7. The summed E-state index contributed by atoms with van der Waals surface area (Å²) < 4.78 is 13.0. The summed E-state index contributed by atoms with van der Waals surface area (Å²) in [7, 11) is 0. The summed E-state index contributed by atoms with van der Waals surface area (Å²) in [6.45, 7) is 21.6. The first-order valence-electron chi connectivity index (χ1n) is 19.8. The van der Waals surface area contributed by atoms with Gasteiger partial charge in [0.15, 0.2) is 5.71 Å². The van der Waals surface area contributed by atoms with Gasteiger partial charge in [-0.15, -0.1) is 0 Å². The Bertz CT molecular complexity index is 1810. The molecule has 0 saturated carbocycles. The molecule has 5 rings (SSSR count). The molecule has 8 nitrogen and oxygen atoms in total. The zero-order valence-corrected chi connectivity index (χ0v) is 34.8. The van der Waals surface area contributed by atoms with Crippen LogP contribution in [-0.4, -0.2) is 52.3 Å². The van der Waals surface area contributed by atoms with E-state index >= 15 is 0 Å². The number of unbranched alkanes of at least 4 members (excludes halogenated alkanes) is 3. The number of likely N-dealkylation sites (N-methyl/N-ethyl adjacent to an activating group) is 1. The first kappa shape index (κ1) is 41.5. The van der Waals surface area contributed by atoms with Crippen molar-refractivity contribution >= 4 is 35.2 Å². The lowest BCUT2D eigenvalue weighted by Crippen LogP contribution is -2.36. The van der Waals surface area contributed by atoms with Gasteiger partial charge >= 0.3 is 6.09 Å². The molecule has 2 aromatic rings. The van der Waals surface area contributed by atoms with Crippen LogP contribution in [0.15, 0.2) is 95.4 Å². The van der Waals surface area contributed by atoms with Crippen molar-refractivity contribution < 1.29 is 28.7 Å². The number of hydrogen-bond acceptors (Lipinski definition) is 7. The van der Waals surface area contributed by atoms with E-state index in [-0.39, 0.29) is 16.9 Å². The molecule has 3 aliphatic rings. The van der Waals surface area contributed by atoms with Crippen molar-refractivity contribution in [3.05, 3.63) is 107 Å². The van der Waals surface area contributed by atoms with E-state index in [9.17, 15) is 10.1 Å². The number of fused-ring (bicyclic) bond motifs is 2. The molecule has 0 N–H and O–H groups in total. The number of rotatable bonds is 16. The molecule has 9 heteroatoms. The van der Waals surface area contributed by atoms with Crippen LogP contribution < -0.4 is 10.2 Å². The SMILES string of the molecule is CCCCC[N+]1=C(C=CC2=C(N(CC)C(=O)OC(C)(C)C)C(=CC=C3N(CCCCSOO[O-])c4ccccc4C3(C)C)CC2)C(C)(C)c2ccccc21. The lowest BCUT2D eigenvalue weighted by molar-refractivity contribution is -0.777. The monoisotopic (exact) mass is 755 g/mol. The lowest BCUT2D eigenvalue weighted by atomic mass is 9.81. The number of amides is 1. The molecular weight excluding hydrogens is 695 g/mol. The topological polar surface area (TPSA) is 77.3 Å². The van der Waals surface area contributed by atoms with Gasteiger partial charge in [-0.2, -0.15) is 8.91 Å². The summed E-state index contributed by atoms with van der Waals surface area (Å²) in [6, 6.07) is 17.4. The number of carbonyl (C=O) groups excluding carboxylic acids is 1. The van der Waals surface area contributed by atoms with Crippen molar-refractivity contribution in [1.29, 1.82) is 0 Å². The molecular formula is C45H61N3O5S. The van der Waals surface area contributed by atoms with Gasteiger partial charge in [0.1, 0.15) is 12.1 Å². The Morgan fingerprint density at radius 1 is 0.926 bits per heavy atom. The van der Waals surface area contributed by atoms with E-state index in [2.05, 4.69) is 126 Å². The molecule has 0 fully saturated rings. The van der Waals surface area contributed by atoms with E-state index in [0.29, 0.717) is 12.3 Å². The van der Waals surface area contributed by atoms with Crippen molar-refractivity contribution in [1.82, 2.24) is 4.90 Å². The molecule has 1 aliphatic carbocycles. The highest BCUT2D eigenvalue weighted by Gasteiger charge is 2.44. The van der Waals surface area contributed by atoms with Crippen molar-refractivity contribution in [3.63, 3.8) is 0 Å². The summed E-state index contributed by atoms with van der Waals surface area (Å²) in [5, 5.41) is 13.7. The molecule has 0 saturated heterocycles. The predicted octanol–water partition coefficient (Wildman–Crippen LogP) is 10.4. The molecule has 2 aromatic carbocycles. The Morgan fingerprint density at radius 3 is 2.35 bits per heavy atom. The molecule has 2 heterocycles. The third-order valence-electron chi connectivity index (χ3n) is 10.9. The molecule has 0 unspecified atom stereocenters. The minimum absolute atomic E-state index is 0.153. The molecule has 2 aliphatic heterocycles. The Morgan fingerprint density at radius 2 is 1.65 bits per heavy atom. The van der Waals surface area contributed by atoms with E-state index in [1.54, 1.807) is 0 Å². The molecule has 0 radical (unpaired) electrons. The summed E-state index contributed by atoms with van der Waals surface area (Å²) in [4.78, 5) is 18.2. The fourth-order valence-electron chi connectivity index (χ4n) is 8.21. The van der Waals surface area contributed by atoms with Crippen LogP contribution in [0.2, 0.25) is 0 Å². The second kappa shape index (κ2) is 17.9. The second-order valence-electron chi connectivity index (χ2n) is 16.5. The van der Waals surface area contributed by atoms with Crippen LogP contribution >= 0.6 is 12.0 Å². The van der Waals surface area contributed by atoms with Crippen molar-refractivity contribution in [2.24, 2.45) is 0 Å². The largest absolute Gasteiger partial charge is 0.691 e. The minimum atomic E-state index is -0.618. The quantitative estimate of drug-likeness (QED) is 0.0555. The van der Waals surface area contributed by atoms with Gasteiger partial charge in [-0.1, -0.05) is 75.7 Å². The Labute approximate surface area is 328 Å². The fraction of sp³-hybridized carbons (Fsp3) is 0.511. The van der Waals surface area contributed by atoms with E-state index in [1.165, 1.54) is 46.8 Å². The van der Waals surface area contributed by atoms with Crippen LogP contribution in [0.1, 0.15) is 118 Å². The molecule has 0 atom stereocenters. The zero-order chi connectivity index (χ0) is 39.1. The lowest BCUT2D eigenvalue weighted by Gasteiger charge is -2.29. The highest BCUT2D eigenvalue weighted by atomic mass is 32.2. The highest BCUT2D eigenvalue weighted by molar-refractivity contribution is 7.94. The van der Waals surface area contributed by atoms with Gasteiger partial charge in [-0.05, 0) is 102 Å². The maximum atomic E-state index is 13.9. The smallest absolute Gasteiger partial charge is 0.414 e. The van der Waals surface area contributed by atoms with E-state index in [0.717, 1.165) is 74.1 Å². The number of benzene rings is 2. The van der Waals surface area contributed by atoms with Gasteiger partial charge in [0.25, 0.3) is 0 Å². The van der Waals surface area contributed by atoms with Crippen molar-refractivity contribution in [3.8, 4) is 0 Å². The molecule has 0 spiro atoms. The van der Waals surface area contributed by atoms with E-state index in [4.69, 9.17) is 4.74 Å². The number of carbonyl (C=O) groups is 1. The average Bonchev–Trinajstić information content (AvgIpc) is 3.69. The molecule has 1 amide bonds. The van der Waals surface area contributed by atoms with Crippen LogP contribution in [0.3, 0.4) is 0 Å². The third-order valence-corrected chi connectivity index (χ3v) is 11.5. The van der Waals surface area contributed by atoms with Gasteiger partial charge in [-0.3, -0.25) is 9.94 Å². The molecule has 292 valence electrons. The Hall–Kier alpha value is -3.63. The van der Waals surface area contributed by atoms with Crippen LogP contribution in [0.25, 0.3) is 0 Å². The molecule has 0 bridgehead atoms. The van der Waals surface area contributed by atoms with Crippen molar-refractivity contribution in [2.75, 3.05) is 30.3 Å². The highest BCUT2D eigenvalue weighted by Crippen LogP contribution is 2.48. The second-order valence-corrected chi connectivity index (χ2v) is 17.3. The van der Waals surface area contributed by atoms with Crippen LogP contribution in [-0.2, 0) is 24.9 Å². The minimum Gasteiger partial charge on any atom is -0.691 e. The first-order valence-corrected chi connectivity index (χ1v) is 20.7. The maximum Gasteiger partial charge on any atom is 0.414 e. The number of anilines is 1. The van der Waals surface area contributed by atoms with Crippen LogP contribution in [0.5, 0.6) is 0 Å².